The second-order valence-electron chi connectivity index (χ2n) is 18.4. The monoisotopic (exact) mass is 710 g/mol. The number of nitrogens with zero attached hydrogens (tertiary/aromatic N) is 1. The molecule has 1 aliphatic heterocycles. The number of rotatable bonds is 11. The summed E-state index contributed by atoms with van der Waals surface area (Å²) in [7, 11) is 0.784. The number of benzene rings is 1. The molecule has 3 N–H and O–H groups in total. The third-order valence-electron chi connectivity index (χ3n) is 15.0. The van der Waals surface area contributed by atoms with Crippen molar-refractivity contribution in [2.45, 2.75) is 116 Å². The van der Waals surface area contributed by atoms with E-state index in [0.717, 1.165) is 62.9 Å². The molecule has 5 aliphatic rings. The Hall–Kier alpha value is -1.58. The van der Waals surface area contributed by atoms with Gasteiger partial charge in [0.2, 0.25) is 0 Å². The fourth-order valence-corrected chi connectivity index (χ4v) is 13.5. The Labute approximate surface area is 304 Å². The lowest BCUT2D eigenvalue weighted by Gasteiger charge is -2.68. The number of aliphatic hydroxyl groups excluding tert-OH is 1. The van der Waals surface area contributed by atoms with E-state index in [-0.39, 0.29) is 28.9 Å². The summed E-state index contributed by atoms with van der Waals surface area (Å²) in [5.74, 6) is 4.08. The van der Waals surface area contributed by atoms with Crippen molar-refractivity contribution in [2.75, 3.05) is 51.4 Å². The molecular formula is C42H66N2O5S. The number of esters is 1. The minimum absolute atomic E-state index is 0.0444. The molecule has 0 radical (unpaired) electrons. The molecule has 1 aromatic carbocycles. The predicted molar refractivity (Wildman–Crippen MR) is 203 cm³/mol. The van der Waals surface area contributed by atoms with E-state index in [1.807, 2.05) is 12.1 Å². The zero-order valence-corrected chi connectivity index (χ0v) is 32.7. The molecule has 6 rings (SSSR count). The molecule has 7 nitrogen and oxygen atoms in total. The van der Waals surface area contributed by atoms with Crippen LogP contribution in [0.25, 0.3) is 5.57 Å². The first-order chi connectivity index (χ1) is 23.7. The number of hydrogen-bond acceptors (Lipinski definition) is 7. The van der Waals surface area contributed by atoms with E-state index in [1.54, 1.807) is 6.92 Å². The minimum atomic E-state index is -1.02. The summed E-state index contributed by atoms with van der Waals surface area (Å²) in [6.07, 6.45) is 15.1. The fraction of sp³-hybridized carbons (Fsp3) is 0.786. The molecule has 8 heteroatoms. The van der Waals surface area contributed by atoms with Crippen LogP contribution in [0.3, 0.4) is 0 Å². The van der Waals surface area contributed by atoms with Crippen molar-refractivity contribution in [1.82, 2.24) is 10.2 Å². The van der Waals surface area contributed by atoms with Crippen LogP contribution in [0, 0.1) is 39.9 Å². The Morgan fingerprint density at radius 2 is 1.74 bits per heavy atom. The van der Waals surface area contributed by atoms with Crippen LogP contribution in [-0.2, 0) is 15.5 Å². The molecule has 0 amide bonds. The summed E-state index contributed by atoms with van der Waals surface area (Å²) in [6, 6.07) is 8.05. The molecule has 0 bridgehead atoms. The van der Waals surface area contributed by atoms with Crippen molar-refractivity contribution in [3.63, 3.8) is 0 Å². The van der Waals surface area contributed by atoms with E-state index in [1.165, 1.54) is 63.2 Å². The van der Waals surface area contributed by atoms with E-state index < -0.39 is 16.4 Å². The maximum Gasteiger partial charge on any atom is 0.337 e. The van der Waals surface area contributed by atoms with Crippen molar-refractivity contribution in [1.29, 1.82) is 0 Å². The number of hydrogen-bond donors (Lipinski definition) is 3. The van der Waals surface area contributed by atoms with Crippen molar-refractivity contribution < 1.29 is 24.0 Å². The molecule has 8 unspecified atom stereocenters. The smallest absolute Gasteiger partial charge is 0.337 e. The van der Waals surface area contributed by atoms with Gasteiger partial charge in [-0.05, 0) is 141 Å². The maximum absolute atomic E-state index is 12.1. The van der Waals surface area contributed by atoms with Gasteiger partial charge in [0.1, 0.15) is 0 Å². The van der Waals surface area contributed by atoms with Gasteiger partial charge in [0.05, 0.1) is 24.9 Å². The second-order valence-corrected chi connectivity index (χ2v) is 20.1. The SMILES string of the molecule is COC(=O)c1ccc(C2=CCC3(C)C(CCC4(C)C5CCC(CCCC(C)(O)CO)(NCCN6CCS(=O)CC6)CC5CCC43)C2(C)C)cc1. The minimum Gasteiger partial charge on any atom is -0.465 e. The molecule has 1 heterocycles. The van der Waals surface area contributed by atoms with Crippen LogP contribution in [0.1, 0.15) is 121 Å². The average molecular weight is 711 g/mol. The first kappa shape index (κ1) is 38.2. The largest absolute Gasteiger partial charge is 0.465 e. The number of allylic oxidation sites excluding steroid dienone is 2. The van der Waals surface area contributed by atoms with Crippen molar-refractivity contribution >= 4 is 22.3 Å². The van der Waals surface area contributed by atoms with Crippen molar-refractivity contribution in [2.24, 2.45) is 39.9 Å². The van der Waals surface area contributed by atoms with Gasteiger partial charge in [0, 0.05) is 54.0 Å². The standard InChI is InChI=1S/C42H66N2O5S/c1-38(2)33(30-8-10-31(11-9-30)37(46)49-6)14-19-41(5)35(38)16-20-40(4)34-15-21-42(18-7-17-39(3,47)29-45,28-32(34)12-13-36(40)41)43-22-23-44-24-26-50(48)27-25-44/h8-11,14,32,34-36,43,45,47H,7,12-13,15-29H2,1-6H3. The Morgan fingerprint density at radius 1 is 1.02 bits per heavy atom. The zero-order valence-electron chi connectivity index (χ0n) is 31.9. The first-order valence-corrected chi connectivity index (χ1v) is 21.2. The molecule has 8 atom stereocenters. The topological polar surface area (TPSA) is 99.1 Å². The average Bonchev–Trinajstić information content (AvgIpc) is 3.08. The molecular weight excluding hydrogens is 645 g/mol. The highest BCUT2D eigenvalue weighted by atomic mass is 32.2. The van der Waals surface area contributed by atoms with Gasteiger partial charge in [-0.2, -0.15) is 0 Å². The van der Waals surface area contributed by atoms with E-state index >= 15 is 0 Å². The lowest BCUT2D eigenvalue weighted by atomic mass is 9.37. The summed E-state index contributed by atoms with van der Waals surface area (Å²) in [6.45, 7) is 15.6. The van der Waals surface area contributed by atoms with Crippen molar-refractivity contribution in [3.05, 3.63) is 41.5 Å². The fourth-order valence-electron chi connectivity index (χ4n) is 12.4. The van der Waals surface area contributed by atoms with Crippen LogP contribution in [-0.4, -0.2) is 87.8 Å². The Balaban J connectivity index is 1.18. The van der Waals surface area contributed by atoms with Gasteiger partial charge in [0.25, 0.3) is 0 Å². The van der Waals surface area contributed by atoms with E-state index in [9.17, 15) is 19.2 Å². The summed E-state index contributed by atoms with van der Waals surface area (Å²) in [4.78, 5) is 14.6. The Kier molecular flexibility index (Phi) is 11.2. The van der Waals surface area contributed by atoms with Gasteiger partial charge in [-0.15, -0.1) is 0 Å². The molecule has 0 aromatic heterocycles. The van der Waals surface area contributed by atoms with Crippen LogP contribution in [0.15, 0.2) is 30.3 Å². The van der Waals surface area contributed by atoms with Gasteiger partial charge in [0.15, 0.2) is 0 Å². The first-order valence-electron chi connectivity index (χ1n) is 19.7. The quantitative estimate of drug-likeness (QED) is 0.216. The Morgan fingerprint density at radius 3 is 2.42 bits per heavy atom. The predicted octanol–water partition coefficient (Wildman–Crippen LogP) is 6.84. The van der Waals surface area contributed by atoms with Gasteiger partial charge in [-0.25, -0.2) is 4.79 Å². The van der Waals surface area contributed by atoms with E-state index in [2.05, 4.69) is 56.1 Å². The zero-order chi connectivity index (χ0) is 36.0. The molecule has 280 valence electrons. The third kappa shape index (κ3) is 7.31. The maximum atomic E-state index is 12.1. The number of carbonyl (C=O) groups excluding carboxylic acids is 1. The summed E-state index contributed by atoms with van der Waals surface area (Å²) in [5.41, 5.74) is 2.97. The number of fused-ring (bicyclic) bond motifs is 5. The van der Waals surface area contributed by atoms with Crippen LogP contribution < -0.4 is 5.32 Å². The normalized spacial score (nSPS) is 37.1. The second kappa shape index (κ2) is 14.7. The van der Waals surface area contributed by atoms with Gasteiger partial charge in [-0.3, -0.25) is 4.21 Å². The van der Waals surface area contributed by atoms with Crippen LogP contribution in [0.2, 0.25) is 0 Å². The molecule has 0 spiro atoms. The third-order valence-corrected chi connectivity index (χ3v) is 16.3. The molecule has 1 saturated heterocycles. The van der Waals surface area contributed by atoms with Gasteiger partial charge < -0.3 is 25.2 Å². The number of carbonyl (C=O) groups is 1. The molecule has 50 heavy (non-hydrogen) atoms. The van der Waals surface area contributed by atoms with Gasteiger partial charge in [-0.1, -0.05) is 45.9 Å². The highest BCUT2D eigenvalue weighted by Crippen LogP contribution is 2.71. The lowest BCUT2D eigenvalue weighted by Crippen LogP contribution is -2.62. The highest BCUT2D eigenvalue weighted by molar-refractivity contribution is 7.85. The molecule has 1 aromatic rings. The number of ether oxygens (including phenoxy) is 1. The number of aliphatic hydroxyl groups is 2. The number of nitrogens with one attached hydrogen (secondary N) is 1. The van der Waals surface area contributed by atoms with Gasteiger partial charge >= 0.3 is 5.97 Å². The summed E-state index contributed by atoms with van der Waals surface area (Å²) in [5, 5.41) is 24.5. The van der Waals surface area contributed by atoms with Crippen LogP contribution in [0.4, 0.5) is 0 Å². The molecule has 4 fully saturated rings. The van der Waals surface area contributed by atoms with Crippen LogP contribution >= 0.6 is 0 Å². The molecule has 4 aliphatic carbocycles. The number of methoxy groups -OCH3 is 1. The van der Waals surface area contributed by atoms with Crippen molar-refractivity contribution in [3.8, 4) is 0 Å². The van der Waals surface area contributed by atoms with E-state index in [0.29, 0.717) is 35.2 Å². The highest BCUT2D eigenvalue weighted by Gasteiger charge is 2.63. The summed E-state index contributed by atoms with van der Waals surface area (Å²) < 4.78 is 16.9. The van der Waals surface area contributed by atoms with Crippen LogP contribution in [0.5, 0.6) is 0 Å². The van der Waals surface area contributed by atoms with E-state index in [4.69, 9.17) is 4.74 Å². The molecule has 3 saturated carbocycles. The lowest BCUT2D eigenvalue weighted by molar-refractivity contribution is -0.163. The summed E-state index contributed by atoms with van der Waals surface area (Å²) >= 11 is 0. The Bertz CT molecular complexity index is 1420.